The molecule has 0 unspecified atom stereocenters. The molecule has 0 saturated carbocycles. The fraction of sp³-hybridized carbons (Fsp3) is 0.600. The van der Waals surface area contributed by atoms with E-state index in [-0.39, 0.29) is 5.95 Å². The van der Waals surface area contributed by atoms with Crippen molar-refractivity contribution in [3.63, 3.8) is 0 Å². The molecule has 0 bridgehead atoms. The van der Waals surface area contributed by atoms with Crippen molar-refractivity contribution >= 4 is 11.8 Å². The van der Waals surface area contributed by atoms with Gasteiger partial charge < -0.3 is 16.4 Å². The third kappa shape index (κ3) is 2.36. The van der Waals surface area contributed by atoms with E-state index in [2.05, 4.69) is 21.9 Å². The minimum Gasteiger partial charge on any atom is -0.383 e. The average molecular weight is 207 g/mol. The lowest BCUT2D eigenvalue weighted by Gasteiger charge is -2.11. The maximum atomic E-state index is 5.79. The second-order valence-corrected chi connectivity index (χ2v) is 4.26. The van der Waals surface area contributed by atoms with Gasteiger partial charge in [0.15, 0.2) is 0 Å². The summed E-state index contributed by atoms with van der Waals surface area (Å²) in [6, 6.07) is 0. The van der Waals surface area contributed by atoms with E-state index in [9.17, 15) is 0 Å². The van der Waals surface area contributed by atoms with E-state index in [4.69, 9.17) is 11.5 Å². The van der Waals surface area contributed by atoms with Gasteiger partial charge in [0.2, 0.25) is 5.95 Å². The molecule has 2 heterocycles. The average Bonchev–Trinajstić information content (AvgIpc) is 2.56. The Morgan fingerprint density at radius 3 is 2.93 bits per heavy atom. The van der Waals surface area contributed by atoms with Gasteiger partial charge in [-0.2, -0.15) is 4.98 Å². The summed E-state index contributed by atoms with van der Waals surface area (Å²) in [6.45, 7) is 2.30. The van der Waals surface area contributed by atoms with Gasteiger partial charge in [-0.3, -0.25) is 0 Å². The summed E-state index contributed by atoms with van der Waals surface area (Å²) in [5.41, 5.74) is 12.3. The van der Waals surface area contributed by atoms with Crippen LogP contribution in [0, 0.1) is 5.92 Å². The standard InChI is InChI=1S/C10H17N5/c1-15-3-2-7(6-15)4-8-5-13-10(12)14-9(8)11/h5,7H,2-4,6H2,1H3,(H4,11,12,13,14)/t7-/m1/s1. The quantitative estimate of drug-likeness (QED) is 0.720. The molecule has 4 N–H and O–H groups in total. The number of anilines is 2. The number of nitrogen functional groups attached to an aromatic ring is 2. The first-order valence-corrected chi connectivity index (χ1v) is 5.20. The minimum atomic E-state index is 0.250. The number of nitrogens with two attached hydrogens (primary N) is 2. The molecule has 5 heteroatoms. The lowest BCUT2D eigenvalue weighted by atomic mass is 10.0. The first-order chi connectivity index (χ1) is 7.15. The van der Waals surface area contributed by atoms with E-state index in [1.165, 1.54) is 13.0 Å². The van der Waals surface area contributed by atoms with E-state index >= 15 is 0 Å². The number of aromatic nitrogens is 2. The van der Waals surface area contributed by atoms with E-state index in [0.29, 0.717) is 11.7 Å². The second kappa shape index (κ2) is 4.02. The van der Waals surface area contributed by atoms with Gasteiger partial charge in [0.25, 0.3) is 0 Å². The molecular weight excluding hydrogens is 190 g/mol. The fourth-order valence-electron chi connectivity index (χ4n) is 2.10. The summed E-state index contributed by atoms with van der Waals surface area (Å²) in [5.74, 6) is 1.45. The highest BCUT2D eigenvalue weighted by atomic mass is 15.1. The summed E-state index contributed by atoms with van der Waals surface area (Å²) >= 11 is 0. The molecule has 15 heavy (non-hydrogen) atoms. The summed E-state index contributed by atoms with van der Waals surface area (Å²) in [6.07, 6.45) is 3.92. The van der Waals surface area contributed by atoms with Crippen LogP contribution in [0.15, 0.2) is 6.20 Å². The maximum Gasteiger partial charge on any atom is 0.221 e. The first-order valence-electron chi connectivity index (χ1n) is 5.20. The number of hydrogen-bond acceptors (Lipinski definition) is 5. The SMILES string of the molecule is CN1CC[C@H](Cc2cnc(N)nc2N)C1. The molecule has 1 atom stereocenters. The molecule has 0 spiro atoms. The number of hydrogen-bond donors (Lipinski definition) is 2. The van der Waals surface area contributed by atoms with Crippen molar-refractivity contribution in [2.24, 2.45) is 5.92 Å². The van der Waals surface area contributed by atoms with Gasteiger partial charge in [0.1, 0.15) is 5.82 Å². The van der Waals surface area contributed by atoms with Gasteiger partial charge in [-0.15, -0.1) is 0 Å². The third-order valence-electron chi connectivity index (χ3n) is 2.91. The van der Waals surface area contributed by atoms with Gasteiger partial charge in [0.05, 0.1) is 0 Å². The summed E-state index contributed by atoms with van der Waals surface area (Å²) < 4.78 is 0. The molecular formula is C10H17N5. The van der Waals surface area contributed by atoms with Crippen molar-refractivity contribution in [1.29, 1.82) is 0 Å². The Labute approximate surface area is 89.5 Å². The zero-order valence-corrected chi connectivity index (χ0v) is 8.98. The van der Waals surface area contributed by atoms with Crippen molar-refractivity contribution in [3.8, 4) is 0 Å². The normalized spacial score (nSPS) is 22.1. The molecule has 1 aromatic rings. The van der Waals surface area contributed by atoms with Crippen LogP contribution in [0.25, 0.3) is 0 Å². The van der Waals surface area contributed by atoms with Gasteiger partial charge in [-0.1, -0.05) is 0 Å². The Morgan fingerprint density at radius 2 is 2.33 bits per heavy atom. The van der Waals surface area contributed by atoms with Crippen LogP contribution < -0.4 is 11.5 Å². The van der Waals surface area contributed by atoms with Gasteiger partial charge in [0, 0.05) is 18.3 Å². The number of likely N-dealkylation sites (tertiary alicyclic amines) is 1. The Hall–Kier alpha value is -1.36. The predicted octanol–water partition coefficient (Wildman–Crippen LogP) is 0.135. The van der Waals surface area contributed by atoms with Crippen molar-refractivity contribution in [2.75, 3.05) is 31.6 Å². The molecule has 0 radical (unpaired) electrons. The summed E-state index contributed by atoms with van der Waals surface area (Å²) in [7, 11) is 2.14. The van der Waals surface area contributed by atoms with Crippen LogP contribution in [0.3, 0.4) is 0 Å². The Bertz CT molecular complexity index is 352. The topological polar surface area (TPSA) is 81.1 Å². The van der Waals surface area contributed by atoms with Gasteiger partial charge in [-0.25, -0.2) is 4.98 Å². The summed E-state index contributed by atoms with van der Waals surface area (Å²) in [4.78, 5) is 10.3. The van der Waals surface area contributed by atoms with Crippen molar-refractivity contribution in [2.45, 2.75) is 12.8 Å². The maximum absolute atomic E-state index is 5.79. The Kier molecular flexibility index (Phi) is 2.73. The van der Waals surface area contributed by atoms with E-state index in [0.717, 1.165) is 18.5 Å². The molecule has 0 aromatic carbocycles. The molecule has 1 aromatic heterocycles. The van der Waals surface area contributed by atoms with Crippen LogP contribution in [0.1, 0.15) is 12.0 Å². The highest BCUT2D eigenvalue weighted by molar-refractivity contribution is 5.41. The van der Waals surface area contributed by atoms with E-state index in [1.807, 2.05) is 0 Å². The Morgan fingerprint density at radius 1 is 1.53 bits per heavy atom. The van der Waals surface area contributed by atoms with E-state index < -0.39 is 0 Å². The largest absolute Gasteiger partial charge is 0.383 e. The zero-order valence-electron chi connectivity index (χ0n) is 8.98. The minimum absolute atomic E-state index is 0.250. The first kappa shape index (κ1) is 10.2. The molecule has 0 aliphatic carbocycles. The predicted molar refractivity (Wildman–Crippen MR) is 60.2 cm³/mol. The second-order valence-electron chi connectivity index (χ2n) is 4.26. The van der Waals surface area contributed by atoms with Crippen molar-refractivity contribution in [1.82, 2.24) is 14.9 Å². The van der Waals surface area contributed by atoms with Crippen LogP contribution in [-0.4, -0.2) is 35.0 Å². The number of nitrogens with zero attached hydrogens (tertiary/aromatic N) is 3. The van der Waals surface area contributed by atoms with Crippen LogP contribution in [0.5, 0.6) is 0 Å². The Balaban J connectivity index is 2.04. The van der Waals surface area contributed by atoms with Gasteiger partial charge in [-0.05, 0) is 32.4 Å². The van der Waals surface area contributed by atoms with Crippen LogP contribution in [-0.2, 0) is 6.42 Å². The van der Waals surface area contributed by atoms with Crippen molar-refractivity contribution in [3.05, 3.63) is 11.8 Å². The smallest absolute Gasteiger partial charge is 0.221 e. The number of rotatable bonds is 2. The van der Waals surface area contributed by atoms with Crippen LogP contribution in [0.4, 0.5) is 11.8 Å². The highest BCUT2D eigenvalue weighted by Crippen LogP contribution is 2.21. The summed E-state index contributed by atoms with van der Waals surface area (Å²) in [5, 5.41) is 0. The highest BCUT2D eigenvalue weighted by Gasteiger charge is 2.20. The molecule has 5 nitrogen and oxygen atoms in total. The molecule has 1 saturated heterocycles. The van der Waals surface area contributed by atoms with E-state index in [1.54, 1.807) is 6.20 Å². The van der Waals surface area contributed by atoms with Gasteiger partial charge >= 0.3 is 0 Å². The molecule has 1 fully saturated rings. The fourth-order valence-corrected chi connectivity index (χ4v) is 2.10. The molecule has 2 rings (SSSR count). The molecule has 82 valence electrons. The zero-order chi connectivity index (χ0) is 10.8. The molecule has 1 aliphatic rings. The van der Waals surface area contributed by atoms with Crippen molar-refractivity contribution < 1.29 is 0 Å². The molecule has 1 aliphatic heterocycles. The van der Waals surface area contributed by atoms with Crippen LogP contribution >= 0.6 is 0 Å². The monoisotopic (exact) mass is 207 g/mol. The lowest BCUT2D eigenvalue weighted by Crippen LogP contribution is -2.15. The lowest BCUT2D eigenvalue weighted by molar-refractivity contribution is 0.394. The van der Waals surface area contributed by atoms with Crippen LogP contribution in [0.2, 0.25) is 0 Å². The third-order valence-corrected chi connectivity index (χ3v) is 2.91. The molecule has 0 amide bonds.